The fourth-order valence-corrected chi connectivity index (χ4v) is 2.03. The van der Waals surface area contributed by atoms with E-state index >= 15 is 0 Å². The average molecular weight is 293 g/mol. The van der Waals surface area contributed by atoms with Crippen LogP contribution in [-0.4, -0.2) is 53.3 Å². The van der Waals surface area contributed by atoms with Crippen LogP contribution in [0, 0.1) is 0 Å². The minimum Gasteiger partial charge on any atom is -0.508 e. The van der Waals surface area contributed by atoms with Crippen molar-refractivity contribution < 1.29 is 19.8 Å². The van der Waals surface area contributed by atoms with Crippen molar-refractivity contribution in [3.8, 4) is 5.75 Å². The molecule has 1 aliphatic rings. The molecule has 114 valence electrons. The number of nitrogens with zero attached hydrogens (tertiary/aromatic N) is 1. The van der Waals surface area contributed by atoms with Gasteiger partial charge in [0.1, 0.15) is 5.75 Å². The number of hydrogen-bond donors (Lipinski definition) is 4. The first-order chi connectivity index (χ1) is 9.97. The molecule has 0 spiro atoms. The van der Waals surface area contributed by atoms with Crippen molar-refractivity contribution in [1.82, 2.24) is 10.2 Å². The molecule has 2 rings (SSSR count). The van der Waals surface area contributed by atoms with Crippen LogP contribution in [0.1, 0.15) is 23.2 Å². The number of aromatic hydroxyl groups is 1. The van der Waals surface area contributed by atoms with Crippen molar-refractivity contribution >= 4 is 17.7 Å². The summed E-state index contributed by atoms with van der Waals surface area (Å²) in [5.41, 5.74) is -0.00593. The molecule has 2 amide bonds. The van der Waals surface area contributed by atoms with Gasteiger partial charge in [0.15, 0.2) is 0 Å². The number of urea groups is 1. The van der Waals surface area contributed by atoms with Crippen molar-refractivity contribution in [3.05, 3.63) is 23.8 Å². The molecule has 0 bridgehead atoms. The van der Waals surface area contributed by atoms with Crippen LogP contribution in [0.3, 0.4) is 0 Å². The number of carboxylic acid groups (broad SMARTS) is 1. The lowest BCUT2D eigenvalue weighted by atomic mass is 10.1. The third-order valence-electron chi connectivity index (χ3n) is 3.40. The minimum atomic E-state index is -1.21. The molecule has 7 nitrogen and oxygen atoms in total. The number of hydrogen-bond acceptors (Lipinski definition) is 4. The molecule has 0 atom stereocenters. The number of carbonyl (C=O) groups is 2. The van der Waals surface area contributed by atoms with Crippen LogP contribution in [-0.2, 0) is 0 Å². The first-order valence-corrected chi connectivity index (χ1v) is 6.79. The maximum Gasteiger partial charge on any atom is 0.337 e. The molecule has 0 heterocycles. The number of likely N-dealkylation sites (N-methyl/N-ethyl adjacent to an activating group) is 1. The van der Waals surface area contributed by atoms with Gasteiger partial charge >= 0.3 is 12.0 Å². The predicted octanol–water partition coefficient (Wildman–Crippen LogP) is 1.31. The van der Waals surface area contributed by atoms with Gasteiger partial charge in [0.05, 0.1) is 11.3 Å². The third-order valence-corrected chi connectivity index (χ3v) is 3.40. The monoisotopic (exact) mass is 293 g/mol. The lowest BCUT2D eigenvalue weighted by molar-refractivity contribution is 0.0697. The summed E-state index contributed by atoms with van der Waals surface area (Å²) < 4.78 is 0. The van der Waals surface area contributed by atoms with Crippen LogP contribution in [0.5, 0.6) is 5.75 Å². The Morgan fingerprint density at radius 1 is 1.38 bits per heavy atom. The summed E-state index contributed by atoms with van der Waals surface area (Å²) >= 11 is 0. The second-order valence-corrected chi connectivity index (χ2v) is 5.13. The topological polar surface area (TPSA) is 102 Å². The van der Waals surface area contributed by atoms with E-state index in [-0.39, 0.29) is 17.0 Å². The molecule has 0 radical (unpaired) electrons. The molecule has 21 heavy (non-hydrogen) atoms. The van der Waals surface area contributed by atoms with Gasteiger partial charge in [-0.1, -0.05) is 0 Å². The van der Waals surface area contributed by atoms with E-state index in [9.17, 15) is 14.7 Å². The molecular weight excluding hydrogens is 274 g/mol. The Morgan fingerprint density at radius 2 is 2.10 bits per heavy atom. The molecule has 1 aromatic rings. The Bertz CT molecular complexity index is 543. The Labute approximate surface area is 122 Å². The molecule has 1 saturated carbocycles. The molecule has 4 N–H and O–H groups in total. The lowest BCUT2D eigenvalue weighted by Gasteiger charge is -2.16. The van der Waals surface area contributed by atoms with E-state index < -0.39 is 12.0 Å². The van der Waals surface area contributed by atoms with Gasteiger partial charge in [-0.2, -0.15) is 0 Å². The highest BCUT2D eigenvalue weighted by atomic mass is 16.4. The standard InChI is InChI=1S/C14H19N3O4/c1-17(9-2-3-9)7-6-15-14(21)16-12-5-4-10(18)8-11(12)13(19)20/h4-5,8-9,18H,2-3,6-7H2,1H3,(H,19,20)(H2,15,16,21). The summed E-state index contributed by atoms with van der Waals surface area (Å²) in [4.78, 5) is 25.0. The van der Waals surface area contributed by atoms with E-state index in [1.54, 1.807) is 0 Å². The second-order valence-electron chi connectivity index (χ2n) is 5.13. The fraction of sp³-hybridized carbons (Fsp3) is 0.429. The number of aromatic carboxylic acids is 1. The van der Waals surface area contributed by atoms with E-state index in [0.717, 1.165) is 12.6 Å². The molecule has 0 aromatic heterocycles. The molecule has 7 heteroatoms. The molecule has 0 saturated heterocycles. The Hall–Kier alpha value is -2.28. The van der Waals surface area contributed by atoms with Gasteiger partial charge < -0.3 is 25.7 Å². The van der Waals surface area contributed by atoms with Crippen molar-refractivity contribution in [1.29, 1.82) is 0 Å². The average Bonchev–Trinajstić information content (AvgIpc) is 3.25. The van der Waals surface area contributed by atoms with Gasteiger partial charge in [-0.05, 0) is 38.1 Å². The van der Waals surface area contributed by atoms with Crippen molar-refractivity contribution in [2.24, 2.45) is 0 Å². The van der Waals surface area contributed by atoms with Crippen molar-refractivity contribution in [2.45, 2.75) is 18.9 Å². The van der Waals surface area contributed by atoms with Crippen molar-refractivity contribution in [2.75, 3.05) is 25.5 Å². The molecule has 1 fully saturated rings. The van der Waals surface area contributed by atoms with Crippen LogP contribution in [0.25, 0.3) is 0 Å². The number of phenolic OH excluding ortho intramolecular Hbond substituents is 1. The van der Waals surface area contributed by atoms with Crippen LogP contribution >= 0.6 is 0 Å². The van der Waals surface area contributed by atoms with Gasteiger partial charge in [-0.15, -0.1) is 0 Å². The minimum absolute atomic E-state index is 0.147. The van der Waals surface area contributed by atoms with Crippen LogP contribution < -0.4 is 10.6 Å². The summed E-state index contributed by atoms with van der Waals surface area (Å²) in [6.45, 7) is 1.23. The van der Waals surface area contributed by atoms with E-state index in [0.29, 0.717) is 12.6 Å². The van der Waals surface area contributed by atoms with Gasteiger partial charge in [0, 0.05) is 19.1 Å². The predicted molar refractivity (Wildman–Crippen MR) is 77.7 cm³/mol. The van der Waals surface area contributed by atoms with Gasteiger partial charge in [-0.25, -0.2) is 9.59 Å². The van der Waals surface area contributed by atoms with Crippen LogP contribution in [0.2, 0.25) is 0 Å². The van der Waals surface area contributed by atoms with E-state index in [1.165, 1.54) is 25.0 Å². The van der Waals surface area contributed by atoms with Gasteiger partial charge in [-0.3, -0.25) is 0 Å². The Kier molecular flexibility index (Phi) is 4.64. The summed E-state index contributed by atoms with van der Waals surface area (Å²) in [7, 11) is 2.01. The fourth-order valence-electron chi connectivity index (χ4n) is 2.03. The van der Waals surface area contributed by atoms with Gasteiger partial charge in [0.2, 0.25) is 0 Å². The van der Waals surface area contributed by atoms with E-state index in [1.807, 2.05) is 7.05 Å². The van der Waals surface area contributed by atoms with E-state index in [2.05, 4.69) is 15.5 Å². The second kappa shape index (κ2) is 6.45. The summed E-state index contributed by atoms with van der Waals surface area (Å²) in [5.74, 6) is -1.38. The number of phenols is 1. The highest BCUT2D eigenvalue weighted by Crippen LogP contribution is 2.24. The summed E-state index contributed by atoms with van der Waals surface area (Å²) in [6, 6.07) is 3.94. The first-order valence-electron chi connectivity index (χ1n) is 6.79. The van der Waals surface area contributed by atoms with E-state index in [4.69, 9.17) is 5.11 Å². The molecule has 1 aromatic carbocycles. The van der Waals surface area contributed by atoms with Crippen molar-refractivity contribution in [3.63, 3.8) is 0 Å². The van der Waals surface area contributed by atoms with Crippen LogP contribution in [0.4, 0.5) is 10.5 Å². The third kappa shape index (κ3) is 4.35. The number of anilines is 1. The van der Waals surface area contributed by atoms with Gasteiger partial charge in [0.25, 0.3) is 0 Å². The summed E-state index contributed by atoms with van der Waals surface area (Å²) in [6.07, 6.45) is 2.41. The molecule has 0 unspecified atom stereocenters. The smallest absolute Gasteiger partial charge is 0.337 e. The highest BCUT2D eigenvalue weighted by Gasteiger charge is 2.25. The Balaban J connectivity index is 1.85. The zero-order valence-corrected chi connectivity index (χ0v) is 11.8. The Morgan fingerprint density at radius 3 is 2.71 bits per heavy atom. The quantitative estimate of drug-likeness (QED) is 0.592. The number of nitrogens with one attached hydrogen (secondary N) is 2. The largest absolute Gasteiger partial charge is 0.508 e. The number of carbonyl (C=O) groups excluding carboxylic acids is 1. The van der Waals surface area contributed by atoms with Crippen LogP contribution in [0.15, 0.2) is 18.2 Å². The maximum absolute atomic E-state index is 11.7. The lowest BCUT2D eigenvalue weighted by Crippen LogP contribution is -2.36. The highest BCUT2D eigenvalue weighted by molar-refractivity contribution is 6.00. The molecule has 0 aliphatic heterocycles. The molecular formula is C14H19N3O4. The zero-order chi connectivity index (χ0) is 15.4. The number of carboxylic acids is 1. The zero-order valence-electron chi connectivity index (χ0n) is 11.8. The number of benzene rings is 1. The molecule has 1 aliphatic carbocycles. The number of rotatable bonds is 6. The maximum atomic E-state index is 11.7. The number of amides is 2. The summed E-state index contributed by atoms with van der Waals surface area (Å²) in [5, 5.41) is 23.5. The SMILES string of the molecule is CN(CCNC(=O)Nc1ccc(O)cc1C(=O)O)C1CC1. The first kappa shape index (κ1) is 15.1. The normalized spacial score (nSPS) is 14.0.